The molecular weight excluding hydrogens is 338 g/mol. The maximum Gasteiger partial charge on any atom is 0.235 e. The number of piperidine rings is 1. The zero-order valence-electron chi connectivity index (χ0n) is 15.5. The van der Waals surface area contributed by atoms with Crippen LogP contribution in [0.15, 0.2) is 12.1 Å². The smallest absolute Gasteiger partial charge is 0.235 e. The van der Waals surface area contributed by atoms with E-state index in [1.165, 1.54) is 11.1 Å². The molecule has 2 aliphatic rings. The van der Waals surface area contributed by atoms with E-state index in [0.29, 0.717) is 6.61 Å². The van der Waals surface area contributed by atoms with Gasteiger partial charge in [-0.15, -0.1) is 0 Å². The minimum atomic E-state index is -0.313. The van der Waals surface area contributed by atoms with Crippen LogP contribution in [0.3, 0.4) is 0 Å². The van der Waals surface area contributed by atoms with E-state index < -0.39 is 0 Å². The molecule has 2 aliphatic heterocycles. The van der Waals surface area contributed by atoms with Crippen molar-refractivity contribution in [1.29, 1.82) is 0 Å². The first kappa shape index (κ1) is 18.4. The van der Waals surface area contributed by atoms with Crippen molar-refractivity contribution in [3.63, 3.8) is 0 Å². The van der Waals surface area contributed by atoms with E-state index in [1.807, 2.05) is 18.1 Å². The fraction of sp³-hybridized carbons (Fsp3) is 0.632. The van der Waals surface area contributed by atoms with Crippen LogP contribution in [0.4, 0.5) is 0 Å². The van der Waals surface area contributed by atoms with Gasteiger partial charge in [-0.05, 0) is 55.7 Å². The number of fused-ring (bicyclic) bond motifs is 2. The van der Waals surface area contributed by atoms with E-state index in [0.717, 1.165) is 43.9 Å². The highest BCUT2D eigenvalue weighted by molar-refractivity contribution is 7.99. The molecule has 2 heterocycles. The minimum absolute atomic E-state index is 0.0120. The van der Waals surface area contributed by atoms with Crippen LogP contribution in [0.25, 0.3) is 0 Å². The highest BCUT2D eigenvalue weighted by atomic mass is 32.2. The second-order valence-electron chi connectivity index (χ2n) is 6.66. The lowest BCUT2D eigenvalue weighted by Crippen LogP contribution is -2.49. The molecular formula is C19H27NO4S. The van der Waals surface area contributed by atoms with E-state index in [9.17, 15) is 4.79 Å². The summed E-state index contributed by atoms with van der Waals surface area (Å²) in [7, 11) is 3.32. The number of methoxy groups -OCH3 is 2. The Morgan fingerprint density at radius 1 is 1.24 bits per heavy atom. The Bertz CT molecular complexity index is 641. The maximum absolute atomic E-state index is 12.5. The molecule has 0 radical (unpaired) electrons. The first-order valence-corrected chi connectivity index (χ1v) is 10.0. The van der Waals surface area contributed by atoms with Crippen LogP contribution in [0, 0.1) is 0 Å². The van der Waals surface area contributed by atoms with Gasteiger partial charge in [0, 0.05) is 13.1 Å². The van der Waals surface area contributed by atoms with Gasteiger partial charge in [0.05, 0.1) is 31.7 Å². The molecule has 0 N–H and O–H groups in total. The second-order valence-corrected chi connectivity index (χ2v) is 7.84. The minimum Gasteiger partial charge on any atom is -0.493 e. The lowest BCUT2D eigenvalue weighted by molar-refractivity contribution is -0.139. The van der Waals surface area contributed by atoms with Crippen molar-refractivity contribution in [2.24, 2.45) is 0 Å². The summed E-state index contributed by atoms with van der Waals surface area (Å²) in [5.41, 5.74) is 2.15. The molecule has 138 valence electrons. The SMILES string of the molecule is COc1cc2c(cc1OC)C1(CCN(C(=O)C(C)SC)CC1)OCC2. The number of rotatable bonds is 4. The van der Waals surface area contributed by atoms with Crippen LogP contribution in [0.1, 0.15) is 30.9 Å². The number of amides is 1. The molecule has 0 bridgehead atoms. The zero-order chi connectivity index (χ0) is 18.0. The van der Waals surface area contributed by atoms with Gasteiger partial charge in [0.1, 0.15) is 0 Å². The molecule has 6 heteroatoms. The van der Waals surface area contributed by atoms with E-state index in [4.69, 9.17) is 14.2 Å². The molecule has 1 amide bonds. The Morgan fingerprint density at radius 2 is 1.88 bits per heavy atom. The summed E-state index contributed by atoms with van der Waals surface area (Å²) in [6.45, 7) is 4.15. The highest BCUT2D eigenvalue weighted by Gasteiger charge is 2.42. The number of carbonyl (C=O) groups excluding carboxylic acids is 1. The molecule has 0 aliphatic carbocycles. The quantitative estimate of drug-likeness (QED) is 0.821. The molecule has 5 nitrogen and oxygen atoms in total. The van der Waals surface area contributed by atoms with E-state index in [2.05, 4.69) is 12.1 Å². The number of hydrogen-bond acceptors (Lipinski definition) is 5. The number of likely N-dealkylation sites (tertiary alicyclic amines) is 1. The Hall–Kier alpha value is -1.40. The molecule has 3 rings (SSSR count). The van der Waals surface area contributed by atoms with Gasteiger partial charge in [-0.2, -0.15) is 11.8 Å². The van der Waals surface area contributed by atoms with Gasteiger partial charge in [-0.3, -0.25) is 4.79 Å². The van der Waals surface area contributed by atoms with Crippen LogP contribution >= 0.6 is 11.8 Å². The van der Waals surface area contributed by atoms with Gasteiger partial charge in [0.2, 0.25) is 5.91 Å². The van der Waals surface area contributed by atoms with Crippen LogP contribution in [-0.2, 0) is 21.6 Å². The van der Waals surface area contributed by atoms with Crippen molar-refractivity contribution in [3.8, 4) is 11.5 Å². The molecule has 0 aromatic heterocycles. The van der Waals surface area contributed by atoms with Gasteiger partial charge < -0.3 is 19.1 Å². The normalized spacial score (nSPS) is 20.1. The summed E-state index contributed by atoms with van der Waals surface area (Å²) >= 11 is 1.60. The van der Waals surface area contributed by atoms with Crippen molar-refractivity contribution in [2.45, 2.75) is 37.0 Å². The van der Waals surface area contributed by atoms with E-state index >= 15 is 0 Å². The van der Waals surface area contributed by atoms with Gasteiger partial charge in [-0.25, -0.2) is 0 Å². The first-order chi connectivity index (χ1) is 12.0. The zero-order valence-corrected chi connectivity index (χ0v) is 16.3. The predicted molar refractivity (Wildman–Crippen MR) is 99.7 cm³/mol. The number of hydrogen-bond donors (Lipinski definition) is 0. The molecule has 1 fully saturated rings. The number of benzene rings is 1. The van der Waals surface area contributed by atoms with E-state index in [1.54, 1.807) is 26.0 Å². The first-order valence-electron chi connectivity index (χ1n) is 8.75. The third-order valence-corrected chi connectivity index (χ3v) is 6.34. The summed E-state index contributed by atoms with van der Waals surface area (Å²) in [5.74, 6) is 1.73. The van der Waals surface area contributed by atoms with Crippen molar-refractivity contribution < 1.29 is 19.0 Å². The highest BCUT2D eigenvalue weighted by Crippen LogP contribution is 2.45. The third-order valence-electron chi connectivity index (χ3n) is 5.43. The van der Waals surface area contributed by atoms with Crippen molar-refractivity contribution in [3.05, 3.63) is 23.3 Å². The lowest BCUT2D eigenvalue weighted by Gasteiger charge is -2.45. The molecule has 1 spiro atoms. The lowest BCUT2D eigenvalue weighted by atomic mass is 9.79. The third kappa shape index (κ3) is 3.34. The standard InChI is InChI=1S/C19H27NO4S/c1-13(25-4)18(21)20-8-6-19(7-9-20)15-12-17(23-3)16(22-2)11-14(15)5-10-24-19/h11-13H,5-10H2,1-4H3. The van der Waals surface area contributed by atoms with Gasteiger partial charge >= 0.3 is 0 Å². The topological polar surface area (TPSA) is 48.0 Å². The summed E-state index contributed by atoms with van der Waals surface area (Å²) in [6, 6.07) is 4.14. The summed E-state index contributed by atoms with van der Waals surface area (Å²) in [5, 5.41) is 0.0120. The van der Waals surface area contributed by atoms with Crippen LogP contribution in [-0.4, -0.2) is 56.2 Å². The summed E-state index contributed by atoms with van der Waals surface area (Å²) in [4.78, 5) is 14.4. The monoisotopic (exact) mass is 365 g/mol. The second kappa shape index (κ2) is 7.46. The maximum atomic E-state index is 12.5. The number of carbonyl (C=O) groups is 1. The molecule has 1 unspecified atom stereocenters. The van der Waals surface area contributed by atoms with Crippen LogP contribution in [0.2, 0.25) is 0 Å². The molecule has 1 aromatic rings. The number of thioether (sulfide) groups is 1. The van der Waals surface area contributed by atoms with Gasteiger partial charge in [0.15, 0.2) is 11.5 Å². The Morgan fingerprint density at radius 3 is 2.48 bits per heavy atom. The van der Waals surface area contributed by atoms with Crippen LogP contribution < -0.4 is 9.47 Å². The molecule has 1 saturated heterocycles. The summed E-state index contributed by atoms with van der Waals surface area (Å²) in [6.07, 6.45) is 4.50. The van der Waals surface area contributed by atoms with Crippen molar-refractivity contribution in [1.82, 2.24) is 4.90 Å². The molecule has 1 aromatic carbocycles. The molecule has 0 saturated carbocycles. The fourth-order valence-electron chi connectivity index (χ4n) is 3.85. The van der Waals surface area contributed by atoms with Crippen LogP contribution in [0.5, 0.6) is 11.5 Å². The predicted octanol–water partition coefficient (Wildman–Crippen LogP) is 2.85. The number of nitrogens with zero attached hydrogens (tertiary/aromatic N) is 1. The average Bonchev–Trinajstić information content (AvgIpc) is 2.66. The Kier molecular flexibility index (Phi) is 5.49. The molecule has 25 heavy (non-hydrogen) atoms. The molecule has 1 atom stereocenters. The van der Waals surface area contributed by atoms with Crippen molar-refractivity contribution >= 4 is 17.7 Å². The number of ether oxygens (including phenoxy) is 3. The van der Waals surface area contributed by atoms with Gasteiger partial charge in [0.25, 0.3) is 0 Å². The fourth-order valence-corrected chi connectivity index (χ4v) is 4.20. The average molecular weight is 365 g/mol. The Balaban J connectivity index is 1.85. The van der Waals surface area contributed by atoms with E-state index in [-0.39, 0.29) is 16.8 Å². The Labute approximate surface area is 154 Å². The van der Waals surface area contributed by atoms with Gasteiger partial charge in [-0.1, -0.05) is 0 Å². The largest absolute Gasteiger partial charge is 0.493 e. The van der Waals surface area contributed by atoms with Crippen molar-refractivity contribution in [2.75, 3.05) is 40.2 Å². The summed E-state index contributed by atoms with van der Waals surface area (Å²) < 4.78 is 17.2.